The van der Waals surface area contributed by atoms with Gasteiger partial charge in [-0.25, -0.2) is 0 Å². The van der Waals surface area contributed by atoms with Crippen molar-refractivity contribution in [2.45, 2.75) is 46.3 Å². The number of carbonyl (C=O) groups is 1. The van der Waals surface area contributed by atoms with E-state index >= 15 is 0 Å². The minimum Gasteiger partial charge on any atom is -0.497 e. The number of amides is 1. The van der Waals surface area contributed by atoms with Crippen molar-refractivity contribution in [2.24, 2.45) is 0 Å². The first kappa shape index (κ1) is 18.8. The van der Waals surface area contributed by atoms with Crippen molar-refractivity contribution in [1.82, 2.24) is 5.32 Å². The fourth-order valence-corrected chi connectivity index (χ4v) is 2.62. The average Bonchev–Trinajstić information content (AvgIpc) is 2.62. The number of hydrogen-bond acceptors (Lipinski definition) is 3. The van der Waals surface area contributed by atoms with Gasteiger partial charge in [0.25, 0.3) is 5.91 Å². The molecule has 0 spiro atoms. The molecule has 4 heteroatoms. The second-order valence-corrected chi connectivity index (χ2v) is 6.25. The third-order valence-electron chi connectivity index (χ3n) is 4.38. The summed E-state index contributed by atoms with van der Waals surface area (Å²) in [6, 6.07) is 13.5. The summed E-state index contributed by atoms with van der Waals surface area (Å²) in [5.74, 6) is 1.18. The van der Waals surface area contributed by atoms with Crippen LogP contribution in [0.15, 0.2) is 42.5 Å². The van der Waals surface area contributed by atoms with E-state index in [4.69, 9.17) is 9.47 Å². The Morgan fingerprint density at radius 3 is 2.44 bits per heavy atom. The first-order chi connectivity index (χ1) is 11.9. The molecular formula is C21H27NO3. The van der Waals surface area contributed by atoms with E-state index in [1.54, 1.807) is 20.1 Å². The van der Waals surface area contributed by atoms with Crippen LogP contribution in [0.5, 0.6) is 11.5 Å². The van der Waals surface area contributed by atoms with Crippen molar-refractivity contribution in [3.63, 3.8) is 0 Å². The van der Waals surface area contributed by atoms with E-state index in [0.29, 0.717) is 11.5 Å². The molecule has 0 aliphatic heterocycles. The fourth-order valence-electron chi connectivity index (χ4n) is 2.62. The van der Waals surface area contributed by atoms with Crippen molar-refractivity contribution < 1.29 is 14.3 Å². The van der Waals surface area contributed by atoms with Gasteiger partial charge in [0.2, 0.25) is 0 Å². The molecule has 0 saturated heterocycles. The van der Waals surface area contributed by atoms with Gasteiger partial charge in [-0.05, 0) is 56.0 Å². The molecule has 2 aromatic carbocycles. The molecule has 4 nitrogen and oxygen atoms in total. The number of ether oxygens (including phenoxy) is 2. The van der Waals surface area contributed by atoms with Gasteiger partial charge in [-0.15, -0.1) is 0 Å². The van der Waals surface area contributed by atoms with Gasteiger partial charge >= 0.3 is 0 Å². The molecule has 2 unspecified atom stereocenters. The molecule has 2 rings (SSSR count). The van der Waals surface area contributed by atoms with Gasteiger partial charge in [-0.2, -0.15) is 0 Å². The number of hydrogen-bond donors (Lipinski definition) is 1. The van der Waals surface area contributed by atoms with Crippen molar-refractivity contribution in [1.29, 1.82) is 0 Å². The summed E-state index contributed by atoms with van der Waals surface area (Å²) in [6.07, 6.45) is 0.229. The maximum atomic E-state index is 12.5. The molecule has 1 N–H and O–H groups in total. The zero-order valence-corrected chi connectivity index (χ0v) is 15.6. The monoisotopic (exact) mass is 341 g/mol. The van der Waals surface area contributed by atoms with Crippen LogP contribution in [0.4, 0.5) is 0 Å². The predicted octanol–water partition coefficient (Wildman–Crippen LogP) is 4.35. The molecule has 134 valence electrons. The van der Waals surface area contributed by atoms with E-state index in [-0.39, 0.29) is 11.9 Å². The lowest BCUT2D eigenvalue weighted by Gasteiger charge is -2.22. The van der Waals surface area contributed by atoms with E-state index in [2.05, 4.69) is 44.3 Å². The number of rotatable bonds is 7. The Morgan fingerprint density at radius 2 is 1.80 bits per heavy atom. The summed E-state index contributed by atoms with van der Waals surface area (Å²) < 4.78 is 10.9. The Morgan fingerprint density at radius 1 is 1.08 bits per heavy atom. The normalized spacial score (nSPS) is 13.0. The van der Waals surface area contributed by atoms with E-state index in [9.17, 15) is 4.79 Å². The second kappa shape index (κ2) is 8.56. The summed E-state index contributed by atoms with van der Waals surface area (Å²) in [6.45, 7) is 7.99. The molecule has 0 radical (unpaired) electrons. The fraction of sp³-hybridized carbons (Fsp3) is 0.381. The van der Waals surface area contributed by atoms with E-state index in [1.807, 2.05) is 18.2 Å². The van der Waals surface area contributed by atoms with Crippen LogP contribution in [-0.4, -0.2) is 19.1 Å². The first-order valence-corrected chi connectivity index (χ1v) is 8.62. The standard InChI is InChI=1S/C21H27NO3/c1-6-20(17-11-10-14(2)15(3)12-17)22-21(23)16(4)25-19-9-7-8-18(13-19)24-5/h7-13,16,20H,6H2,1-5H3,(H,22,23). The molecule has 0 aromatic heterocycles. The number of carbonyl (C=O) groups excluding carboxylic acids is 1. The molecule has 0 bridgehead atoms. The minimum absolute atomic E-state index is 0.0249. The van der Waals surface area contributed by atoms with Crippen LogP contribution in [0.2, 0.25) is 0 Å². The highest BCUT2D eigenvalue weighted by Gasteiger charge is 2.19. The minimum atomic E-state index is -0.590. The van der Waals surface area contributed by atoms with Gasteiger partial charge in [0.1, 0.15) is 11.5 Å². The van der Waals surface area contributed by atoms with E-state index < -0.39 is 6.10 Å². The van der Waals surface area contributed by atoms with Gasteiger partial charge in [-0.3, -0.25) is 4.79 Å². The maximum absolute atomic E-state index is 12.5. The molecule has 2 aromatic rings. The average molecular weight is 341 g/mol. The second-order valence-electron chi connectivity index (χ2n) is 6.25. The number of methoxy groups -OCH3 is 1. The first-order valence-electron chi connectivity index (χ1n) is 8.62. The Hall–Kier alpha value is -2.49. The Balaban J connectivity index is 2.03. The summed E-state index contributed by atoms with van der Waals surface area (Å²) in [5.41, 5.74) is 3.60. The molecular weight excluding hydrogens is 314 g/mol. The van der Waals surface area contributed by atoms with Gasteiger partial charge in [0.05, 0.1) is 13.2 Å². The van der Waals surface area contributed by atoms with Crippen molar-refractivity contribution in [3.8, 4) is 11.5 Å². The van der Waals surface area contributed by atoms with E-state index in [0.717, 1.165) is 12.0 Å². The zero-order chi connectivity index (χ0) is 18.4. The number of benzene rings is 2. The summed E-state index contributed by atoms with van der Waals surface area (Å²) >= 11 is 0. The third kappa shape index (κ3) is 4.99. The lowest BCUT2D eigenvalue weighted by Crippen LogP contribution is -2.38. The molecule has 1 amide bonds. The van der Waals surface area contributed by atoms with Crippen LogP contribution in [0.1, 0.15) is 43.0 Å². The molecule has 25 heavy (non-hydrogen) atoms. The Labute approximate surface area is 150 Å². The van der Waals surface area contributed by atoms with Crippen LogP contribution >= 0.6 is 0 Å². The number of aryl methyl sites for hydroxylation is 2. The van der Waals surface area contributed by atoms with E-state index in [1.165, 1.54) is 11.1 Å². The van der Waals surface area contributed by atoms with Gasteiger partial charge in [-0.1, -0.05) is 31.2 Å². The Bertz CT molecular complexity index is 727. The SMILES string of the molecule is CCC(NC(=O)C(C)Oc1cccc(OC)c1)c1ccc(C)c(C)c1. The highest BCUT2D eigenvalue weighted by molar-refractivity contribution is 5.81. The molecule has 0 aliphatic rings. The predicted molar refractivity (Wildman–Crippen MR) is 100 cm³/mol. The van der Waals surface area contributed by atoms with Crippen molar-refractivity contribution in [2.75, 3.05) is 7.11 Å². The molecule has 0 fully saturated rings. The lowest BCUT2D eigenvalue weighted by molar-refractivity contribution is -0.128. The van der Waals surface area contributed by atoms with Gasteiger partial charge in [0.15, 0.2) is 6.10 Å². The third-order valence-corrected chi connectivity index (χ3v) is 4.38. The largest absolute Gasteiger partial charge is 0.497 e. The topological polar surface area (TPSA) is 47.6 Å². The molecule has 0 saturated carbocycles. The molecule has 0 aliphatic carbocycles. The van der Waals surface area contributed by atoms with Crippen LogP contribution < -0.4 is 14.8 Å². The smallest absolute Gasteiger partial charge is 0.261 e. The van der Waals surface area contributed by atoms with Gasteiger partial charge < -0.3 is 14.8 Å². The maximum Gasteiger partial charge on any atom is 0.261 e. The zero-order valence-electron chi connectivity index (χ0n) is 15.6. The van der Waals surface area contributed by atoms with Gasteiger partial charge in [0, 0.05) is 6.07 Å². The summed E-state index contributed by atoms with van der Waals surface area (Å²) in [5, 5.41) is 3.08. The highest BCUT2D eigenvalue weighted by atomic mass is 16.5. The van der Waals surface area contributed by atoms with Crippen molar-refractivity contribution >= 4 is 5.91 Å². The Kier molecular flexibility index (Phi) is 6.45. The summed E-state index contributed by atoms with van der Waals surface area (Å²) in [4.78, 5) is 12.5. The summed E-state index contributed by atoms with van der Waals surface area (Å²) in [7, 11) is 1.60. The molecule has 2 atom stereocenters. The quantitative estimate of drug-likeness (QED) is 0.814. The number of nitrogens with one attached hydrogen (secondary N) is 1. The van der Waals surface area contributed by atoms with Crippen LogP contribution in [0.25, 0.3) is 0 Å². The van der Waals surface area contributed by atoms with Crippen LogP contribution in [0, 0.1) is 13.8 Å². The lowest BCUT2D eigenvalue weighted by atomic mass is 9.99. The van der Waals surface area contributed by atoms with Crippen LogP contribution in [0.3, 0.4) is 0 Å². The highest BCUT2D eigenvalue weighted by Crippen LogP contribution is 2.22. The van der Waals surface area contributed by atoms with Crippen LogP contribution in [-0.2, 0) is 4.79 Å². The molecule has 0 heterocycles. The van der Waals surface area contributed by atoms with Crippen molar-refractivity contribution in [3.05, 3.63) is 59.2 Å².